The predicted octanol–water partition coefficient (Wildman–Crippen LogP) is 3.62. The second-order valence-electron chi connectivity index (χ2n) is 10.1. The number of rotatable bonds is 8. The fraction of sp³-hybridized carbons (Fsp3) is 0.205. The van der Waals surface area contributed by atoms with Crippen LogP contribution in [0.4, 0.5) is 11.4 Å². The molecule has 0 aliphatic rings. The van der Waals surface area contributed by atoms with Gasteiger partial charge in [-0.1, -0.05) is 36.4 Å². The zero-order valence-corrected chi connectivity index (χ0v) is 30.2. The molecule has 0 aliphatic heterocycles. The normalized spacial score (nSPS) is 9.95. The van der Waals surface area contributed by atoms with Gasteiger partial charge in [-0.15, -0.1) is 27.6 Å². The summed E-state index contributed by atoms with van der Waals surface area (Å²) in [5, 5.41) is 5.42. The van der Waals surface area contributed by atoms with E-state index in [1.54, 1.807) is 0 Å². The molecule has 0 aromatic heterocycles. The smallest absolute Gasteiger partial charge is 0.172 e. The van der Waals surface area contributed by atoms with Crippen LogP contribution in [0.5, 0.6) is 0 Å². The van der Waals surface area contributed by atoms with E-state index in [2.05, 4.69) is 141 Å². The van der Waals surface area contributed by atoms with Crippen molar-refractivity contribution in [2.75, 3.05) is 36.0 Å². The Bertz CT molecular complexity index is 1510. The first-order chi connectivity index (χ1) is 20.6. The number of hydrogen-bond donors (Lipinski definition) is 0. The van der Waals surface area contributed by atoms with Gasteiger partial charge < -0.3 is 34.6 Å². The van der Waals surface area contributed by atoms with Gasteiger partial charge in [-0.25, -0.2) is 12.1 Å². The zero-order chi connectivity index (χ0) is 29.7. The summed E-state index contributed by atoms with van der Waals surface area (Å²) in [4.78, 5) is 4.80. The molecule has 0 amide bonds. The number of fused-ring (bicyclic) bond motifs is 3. The SMILES string of the molecule is CCN(CC)c1ccc2c(c1)[cH-]c1cc(N(CC)CC)ccc12.[Cl-].[Cl-].[Zr+2]=[C](c1ccccc1)c1ccccc1.c1cc[cH-]c1. The Kier molecular flexibility index (Phi) is 16.4. The zero-order valence-electron chi connectivity index (χ0n) is 26.2. The van der Waals surface area contributed by atoms with Crippen LogP contribution in [0.1, 0.15) is 38.8 Å². The summed E-state index contributed by atoms with van der Waals surface area (Å²) >= 11 is 1.46. The van der Waals surface area contributed by atoms with Crippen molar-refractivity contribution in [3.05, 3.63) is 145 Å². The molecule has 0 atom stereocenters. The van der Waals surface area contributed by atoms with Crippen molar-refractivity contribution < 1.29 is 49.0 Å². The predicted molar refractivity (Wildman–Crippen MR) is 182 cm³/mol. The molecule has 0 heterocycles. The van der Waals surface area contributed by atoms with Crippen LogP contribution in [0.15, 0.2) is 133 Å². The van der Waals surface area contributed by atoms with Crippen LogP contribution in [-0.2, 0) is 24.2 Å². The van der Waals surface area contributed by atoms with E-state index in [9.17, 15) is 0 Å². The summed E-state index contributed by atoms with van der Waals surface area (Å²) < 4.78 is 1.42. The van der Waals surface area contributed by atoms with E-state index >= 15 is 0 Å². The average molecular weight is 701 g/mol. The number of nitrogens with zero attached hydrogens (tertiary/aromatic N) is 2. The maximum Gasteiger partial charge on any atom is -0.172 e. The van der Waals surface area contributed by atoms with Crippen molar-refractivity contribution in [2.45, 2.75) is 27.7 Å². The molecule has 0 radical (unpaired) electrons. The Hall–Kier alpha value is -2.97. The van der Waals surface area contributed by atoms with Crippen LogP contribution < -0.4 is 34.6 Å². The van der Waals surface area contributed by atoms with Crippen molar-refractivity contribution in [2.24, 2.45) is 0 Å². The Morgan fingerprint density at radius 1 is 0.545 bits per heavy atom. The largest absolute Gasteiger partial charge is 0.214 e. The maximum atomic E-state index is 2.40. The van der Waals surface area contributed by atoms with Crippen LogP contribution in [-0.4, -0.2) is 29.4 Å². The van der Waals surface area contributed by atoms with Crippen LogP contribution in [0.2, 0.25) is 0 Å². The number of halogens is 2. The van der Waals surface area contributed by atoms with E-state index in [-0.39, 0.29) is 24.8 Å². The summed E-state index contributed by atoms with van der Waals surface area (Å²) in [6, 6.07) is 47.2. The second-order valence-corrected chi connectivity index (χ2v) is 11.3. The number of benzene rings is 4. The first-order valence-electron chi connectivity index (χ1n) is 15.1. The van der Waals surface area contributed by atoms with Crippen molar-refractivity contribution >= 4 is 36.1 Å². The molecule has 6 aromatic rings. The minimum Gasteiger partial charge on any atom is -0.214 e. The summed E-state index contributed by atoms with van der Waals surface area (Å²) in [6.07, 6.45) is 0. The monoisotopic (exact) mass is 698 g/mol. The van der Waals surface area contributed by atoms with E-state index in [0.29, 0.717) is 0 Å². The van der Waals surface area contributed by atoms with Gasteiger partial charge in [0.15, 0.2) is 0 Å². The quantitative estimate of drug-likeness (QED) is 0.224. The molecule has 2 nitrogen and oxygen atoms in total. The number of anilines is 2. The molecule has 0 N–H and O–H groups in total. The Labute approximate surface area is 291 Å². The third-order valence-electron chi connectivity index (χ3n) is 7.61. The summed E-state index contributed by atoms with van der Waals surface area (Å²) in [6.45, 7) is 13.1. The number of hydrogen-bond acceptors (Lipinski definition) is 2. The Morgan fingerprint density at radius 3 is 1.25 bits per heavy atom. The summed E-state index contributed by atoms with van der Waals surface area (Å²) in [7, 11) is 0. The van der Waals surface area contributed by atoms with Gasteiger partial charge in [0.2, 0.25) is 0 Å². The fourth-order valence-corrected chi connectivity index (χ4v) is 6.08. The molecule has 6 aromatic carbocycles. The molecule has 0 bridgehead atoms. The first-order valence-corrected chi connectivity index (χ1v) is 16.3. The van der Waals surface area contributed by atoms with Gasteiger partial charge in [-0.05, 0) is 27.7 Å². The molecule has 44 heavy (non-hydrogen) atoms. The van der Waals surface area contributed by atoms with Crippen LogP contribution in [0.25, 0.3) is 21.5 Å². The van der Waals surface area contributed by atoms with E-state index < -0.39 is 0 Å². The molecule has 0 unspecified atom stereocenters. The molecule has 0 spiro atoms. The van der Waals surface area contributed by atoms with Gasteiger partial charge >= 0.3 is 99.2 Å². The summed E-state index contributed by atoms with van der Waals surface area (Å²) in [5.74, 6) is 0. The fourth-order valence-electron chi connectivity index (χ4n) is 5.27. The van der Waals surface area contributed by atoms with Crippen molar-refractivity contribution in [3.63, 3.8) is 0 Å². The molecule has 0 saturated heterocycles. The van der Waals surface area contributed by atoms with Crippen LogP contribution in [0, 0.1) is 0 Å². The van der Waals surface area contributed by atoms with Gasteiger partial charge in [-0.2, -0.15) is 18.2 Å². The van der Waals surface area contributed by atoms with Gasteiger partial charge in [-0.3, -0.25) is 0 Å². The summed E-state index contributed by atoms with van der Waals surface area (Å²) in [5.41, 5.74) is 5.30. The Balaban J connectivity index is 0.000000273. The molecule has 0 fully saturated rings. The van der Waals surface area contributed by atoms with Gasteiger partial charge in [0.05, 0.1) is 0 Å². The molecule has 0 aliphatic carbocycles. The van der Waals surface area contributed by atoms with E-state index in [4.69, 9.17) is 0 Å². The molecule has 0 saturated carbocycles. The molecular weight excluding hydrogens is 659 g/mol. The van der Waals surface area contributed by atoms with Crippen LogP contribution in [0.3, 0.4) is 0 Å². The van der Waals surface area contributed by atoms with Crippen molar-refractivity contribution in [1.82, 2.24) is 0 Å². The minimum absolute atomic E-state index is 0. The standard InChI is InChI=1S/C21H27N2.C13H10.C5H5.2ClH.Zr/c1-5-22(6-2)18-9-11-20-16(14-18)13-17-15-19(10-12-21(17)20)23(7-3)8-4;1-3-7-12(8-4-1)11-13-9-5-2-6-10-13;1-2-4-5-3-1;;;/h9-15H,5-8H2,1-4H3;1-10H;1-5H;2*1H;/q-1;;-1;;;+2/p-2. The maximum absolute atomic E-state index is 2.40. The third kappa shape index (κ3) is 9.77. The van der Waals surface area contributed by atoms with Crippen LogP contribution >= 0.6 is 0 Å². The molecule has 6 rings (SSSR count). The van der Waals surface area contributed by atoms with Crippen molar-refractivity contribution in [1.29, 1.82) is 0 Å². The first kappa shape index (κ1) is 37.2. The van der Waals surface area contributed by atoms with Gasteiger partial charge in [0.25, 0.3) is 0 Å². The molecule has 228 valence electrons. The van der Waals surface area contributed by atoms with Crippen molar-refractivity contribution in [3.8, 4) is 0 Å². The minimum atomic E-state index is 0. The Morgan fingerprint density at radius 2 is 0.932 bits per heavy atom. The van der Waals surface area contributed by atoms with Gasteiger partial charge in [0, 0.05) is 37.6 Å². The van der Waals surface area contributed by atoms with E-state index in [0.717, 1.165) is 26.2 Å². The second kappa shape index (κ2) is 19.4. The molecule has 5 heteroatoms. The third-order valence-corrected chi connectivity index (χ3v) is 9.03. The van der Waals surface area contributed by atoms with E-state index in [1.807, 2.05) is 30.3 Å². The van der Waals surface area contributed by atoms with E-state index in [1.165, 1.54) is 71.5 Å². The topological polar surface area (TPSA) is 6.48 Å². The average Bonchev–Trinajstić information content (AvgIpc) is 3.75. The molecular formula is C39H42Cl2N2Zr-2. The van der Waals surface area contributed by atoms with Gasteiger partial charge in [0.1, 0.15) is 0 Å².